The normalized spacial score (nSPS) is 14.6. The number of benzene rings is 1. The number of fused-ring (bicyclic) bond motifs is 1. The van der Waals surface area contributed by atoms with E-state index in [-0.39, 0.29) is 17.9 Å². The summed E-state index contributed by atoms with van der Waals surface area (Å²) in [6, 6.07) is 5.74. The van der Waals surface area contributed by atoms with Crippen LogP contribution in [0.25, 0.3) is 0 Å². The molecule has 2 N–H and O–H groups in total. The van der Waals surface area contributed by atoms with Gasteiger partial charge in [0, 0.05) is 12.2 Å². The Balaban J connectivity index is 2.10. The van der Waals surface area contributed by atoms with Gasteiger partial charge in [-0.2, -0.15) is 0 Å². The van der Waals surface area contributed by atoms with Crippen LogP contribution < -0.4 is 15.4 Å². The lowest BCUT2D eigenvalue weighted by atomic mass is 9.97. The van der Waals surface area contributed by atoms with Crippen LogP contribution >= 0.6 is 0 Å². The van der Waals surface area contributed by atoms with Gasteiger partial charge in [-0.05, 0) is 23.6 Å². The minimum absolute atomic E-state index is 0.0990. The summed E-state index contributed by atoms with van der Waals surface area (Å²) in [6.45, 7) is 7.48. The predicted molar refractivity (Wildman–Crippen MR) is 68.5 cm³/mol. The summed E-state index contributed by atoms with van der Waals surface area (Å²) in [5.74, 6) is 0.622. The van der Waals surface area contributed by atoms with E-state index in [0.717, 1.165) is 23.7 Å². The fourth-order valence-corrected chi connectivity index (χ4v) is 1.56. The number of rotatable bonds is 2. The summed E-state index contributed by atoms with van der Waals surface area (Å²) in [4.78, 5) is 11.2. The van der Waals surface area contributed by atoms with Crippen LogP contribution in [0, 0.1) is 5.41 Å². The highest BCUT2D eigenvalue weighted by Gasteiger charge is 2.16. The van der Waals surface area contributed by atoms with Gasteiger partial charge in [-0.25, -0.2) is 0 Å². The second-order valence-electron chi connectivity index (χ2n) is 5.46. The van der Waals surface area contributed by atoms with Crippen molar-refractivity contribution in [3.63, 3.8) is 0 Å². The van der Waals surface area contributed by atoms with Gasteiger partial charge in [0.1, 0.15) is 5.75 Å². The molecule has 2 rings (SSSR count). The standard InChI is InChI=1S/C13H18N2O2/c1-13(2,3)8-14-9-4-5-11-10(6-9)15-12(16)7-17-11/h4-6,14H,7-8H2,1-3H3,(H,15,16). The van der Waals surface area contributed by atoms with Crippen LogP contribution in [0.4, 0.5) is 11.4 Å². The molecule has 0 radical (unpaired) electrons. The third kappa shape index (κ3) is 3.12. The largest absolute Gasteiger partial charge is 0.482 e. The second kappa shape index (κ2) is 4.28. The van der Waals surface area contributed by atoms with Crippen molar-refractivity contribution in [1.29, 1.82) is 0 Å². The highest BCUT2D eigenvalue weighted by atomic mass is 16.5. The van der Waals surface area contributed by atoms with Gasteiger partial charge in [0.15, 0.2) is 6.61 Å². The van der Waals surface area contributed by atoms with Gasteiger partial charge in [-0.15, -0.1) is 0 Å². The number of ether oxygens (including phenoxy) is 1. The first kappa shape index (κ1) is 11.8. The van der Waals surface area contributed by atoms with Crippen LogP contribution in [0.3, 0.4) is 0 Å². The van der Waals surface area contributed by atoms with Gasteiger partial charge in [0.2, 0.25) is 0 Å². The molecule has 1 heterocycles. The molecule has 0 spiro atoms. The van der Waals surface area contributed by atoms with Crippen molar-refractivity contribution >= 4 is 17.3 Å². The number of anilines is 2. The van der Waals surface area contributed by atoms with E-state index in [1.54, 1.807) is 0 Å². The zero-order valence-electron chi connectivity index (χ0n) is 10.5. The van der Waals surface area contributed by atoms with Gasteiger partial charge >= 0.3 is 0 Å². The van der Waals surface area contributed by atoms with E-state index in [1.807, 2.05) is 18.2 Å². The predicted octanol–water partition coefficient (Wildman–Crippen LogP) is 2.48. The monoisotopic (exact) mass is 234 g/mol. The molecule has 0 bridgehead atoms. The molecular weight excluding hydrogens is 216 g/mol. The summed E-state index contributed by atoms with van der Waals surface area (Å²) in [7, 11) is 0. The van der Waals surface area contributed by atoms with Gasteiger partial charge in [0.05, 0.1) is 5.69 Å². The SMILES string of the molecule is CC(C)(C)CNc1ccc2c(c1)NC(=O)CO2. The third-order valence-electron chi connectivity index (χ3n) is 2.44. The molecule has 1 aromatic carbocycles. The molecule has 92 valence electrons. The molecule has 17 heavy (non-hydrogen) atoms. The molecule has 0 saturated carbocycles. The summed E-state index contributed by atoms with van der Waals surface area (Å²) < 4.78 is 5.30. The second-order valence-corrected chi connectivity index (χ2v) is 5.46. The average molecular weight is 234 g/mol. The zero-order chi connectivity index (χ0) is 12.5. The van der Waals surface area contributed by atoms with Crippen molar-refractivity contribution in [2.24, 2.45) is 5.41 Å². The molecule has 1 amide bonds. The molecule has 1 aliphatic rings. The summed E-state index contributed by atoms with van der Waals surface area (Å²) in [6.07, 6.45) is 0. The molecule has 4 heteroatoms. The van der Waals surface area contributed by atoms with Crippen molar-refractivity contribution in [3.8, 4) is 5.75 Å². The van der Waals surface area contributed by atoms with Crippen LogP contribution in [0.15, 0.2) is 18.2 Å². The Hall–Kier alpha value is -1.71. The lowest BCUT2D eigenvalue weighted by Gasteiger charge is -2.22. The van der Waals surface area contributed by atoms with Crippen LogP contribution in [-0.2, 0) is 4.79 Å². The number of hydrogen-bond acceptors (Lipinski definition) is 3. The molecule has 0 aliphatic carbocycles. The highest BCUT2D eigenvalue weighted by Crippen LogP contribution is 2.30. The van der Waals surface area contributed by atoms with Gasteiger partial charge in [0.25, 0.3) is 5.91 Å². The Morgan fingerprint density at radius 3 is 2.88 bits per heavy atom. The van der Waals surface area contributed by atoms with Crippen LogP contribution in [0.2, 0.25) is 0 Å². The molecule has 1 aromatic rings. The Morgan fingerprint density at radius 2 is 2.18 bits per heavy atom. The fraction of sp³-hybridized carbons (Fsp3) is 0.462. The highest BCUT2D eigenvalue weighted by molar-refractivity contribution is 5.95. The van der Waals surface area contributed by atoms with Crippen molar-refractivity contribution in [3.05, 3.63) is 18.2 Å². The zero-order valence-corrected chi connectivity index (χ0v) is 10.5. The van der Waals surface area contributed by atoms with Crippen LogP contribution in [-0.4, -0.2) is 19.1 Å². The van der Waals surface area contributed by atoms with E-state index in [2.05, 4.69) is 31.4 Å². The minimum atomic E-state index is -0.106. The summed E-state index contributed by atoms with van der Waals surface area (Å²) >= 11 is 0. The maximum absolute atomic E-state index is 11.2. The molecular formula is C13H18N2O2. The summed E-state index contributed by atoms with van der Waals surface area (Å²) in [5.41, 5.74) is 1.94. The smallest absolute Gasteiger partial charge is 0.262 e. The number of nitrogens with one attached hydrogen (secondary N) is 2. The van der Waals surface area contributed by atoms with E-state index in [1.165, 1.54) is 0 Å². The van der Waals surface area contributed by atoms with Crippen LogP contribution in [0.1, 0.15) is 20.8 Å². The van der Waals surface area contributed by atoms with Gasteiger partial charge < -0.3 is 15.4 Å². The topological polar surface area (TPSA) is 50.4 Å². The van der Waals surface area contributed by atoms with E-state index < -0.39 is 0 Å². The Kier molecular flexibility index (Phi) is 2.96. The summed E-state index contributed by atoms with van der Waals surface area (Å²) in [5, 5.41) is 6.14. The molecule has 0 unspecified atom stereocenters. The maximum Gasteiger partial charge on any atom is 0.262 e. The van der Waals surface area contributed by atoms with Crippen molar-refractivity contribution in [2.45, 2.75) is 20.8 Å². The number of hydrogen-bond donors (Lipinski definition) is 2. The number of carbonyl (C=O) groups is 1. The van der Waals surface area contributed by atoms with E-state index in [9.17, 15) is 4.79 Å². The quantitative estimate of drug-likeness (QED) is 0.826. The third-order valence-corrected chi connectivity index (χ3v) is 2.44. The average Bonchev–Trinajstić information content (AvgIpc) is 2.24. The first-order valence-corrected chi connectivity index (χ1v) is 5.75. The maximum atomic E-state index is 11.2. The fourth-order valence-electron chi connectivity index (χ4n) is 1.56. The Morgan fingerprint density at radius 1 is 1.41 bits per heavy atom. The van der Waals surface area contributed by atoms with E-state index >= 15 is 0 Å². The van der Waals surface area contributed by atoms with Crippen molar-refractivity contribution in [2.75, 3.05) is 23.8 Å². The molecule has 0 fully saturated rings. The van der Waals surface area contributed by atoms with Crippen molar-refractivity contribution < 1.29 is 9.53 Å². The van der Waals surface area contributed by atoms with Gasteiger partial charge in [-0.1, -0.05) is 20.8 Å². The van der Waals surface area contributed by atoms with Crippen LogP contribution in [0.5, 0.6) is 5.75 Å². The number of carbonyl (C=O) groups excluding carboxylic acids is 1. The molecule has 0 aromatic heterocycles. The molecule has 0 saturated heterocycles. The minimum Gasteiger partial charge on any atom is -0.482 e. The Bertz CT molecular complexity index is 436. The lowest BCUT2D eigenvalue weighted by Crippen LogP contribution is -2.25. The van der Waals surface area contributed by atoms with E-state index in [4.69, 9.17) is 4.74 Å². The Labute approximate surface area is 101 Å². The molecule has 4 nitrogen and oxygen atoms in total. The number of amides is 1. The van der Waals surface area contributed by atoms with Gasteiger partial charge in [-0.3, -0.25) is 4.79 Å². The lowest BCUT2D eigenvalue weighted by molar-refractivity contribution is -0.118. The van der Waals surface area contributed by atoms with E-state index in [0.29, 0.717) is 0 Å². The molecule has 1 aliphatic heterocycles. The first-order valence-electron chi connectivity index (χ1n) is 5.75. The van der Waals surface area contributed by atoms with Crippen molar-refractivity contribution in [1.82, 2.24) is 0 Å². The first-order chi connectivity index (χ1) is 7.94. The molecule has 0 atom stereocenters.